The van der Waals surface area contributed by atoms with Gasteiger partial charge in [-0.1, -0.05) is 19.1 Å². The maximum atomic E-state index is 12.8. The fourth-order valence-electron chi connectivity index (χ4n) is 1.18. The zero-order valence-corrected chi connectivity index (χ0v) is 9.53. The molecule has 0 heterocycles. The molecule has 3 heteroatoms. The molecule has 0 aliphatic carbocycles. The van der Waals surface area contributed by atoms with Gasteiger partial charge in [-0.3, -0.25) is 4.79 Å². The van der Waals surface area contributed by atoms with Crippen LogP contribution in [0.15, 0.2) is 30.3 Å². The minimum atomic E-state index is -0.301. The summed E-state index contributed by atoms with van der Waals surface area (Å²) in [5.41, 5.74) is 0.680. The second-order valence-electron chi connectivity index (χ2n) is 3.71. The van der Waals surface area contributed by atoms with E-state index in [1.165, 1.54) is 18.2 Å². The molecule has 1 rings (SSSR count). The Morgan fingerprint density at radius 1 is 1.56 bits per heavy atom. The van der Waals surface area contributed by atoms with Gasteiger partial charge in [-0.15, -0.1) is 0 Å². The molecule has 0 spiro atoms. The number of hydrogen-bond acceptors (Lipinski definition) is 1. The fourth-order valence-corrected chi connectivity index (χ4v) is 1.18. The van der Waals surface area contributed by atoms with Gasteiger partial charge in [0.05, 0.1) is 0 Å². The molecule has 2 nitrogen and oxygen atoms in total. The van der Waals surface area contributed by atoms with Gasteiger partial charge < -0.3 is 5.32 Å². The van der Waals surface area contributed by atoms with Crippen molar-refractivity contribution >= 4 is 12.0 Å². The Bertz CT molecular complexity index is 387. The number of hydrogen-bond donors (Lipinski definition) is 1. The van der Waals surface area contributed by atoms with Crippen molar-refractivity contribution in [2.45, 2.75) is 26.3 Å². The van der Waals surface area contributed by atoms with Gasteiger partial charge in [0.25, 0.3) is 0 Å². The Balaban J connectivity index is 2.56. The van der Waals surface area contributed by atoms with Crippen LogP contribution in [-0.4, -0.2) is 11.9 Å². The molecule has 1 amide bonds. The number of nitrogens with one attached hydrogen (secondary N) is 1. The topological polar surface area (TPSA) is 29.1 Å². The Morgan fingerprint density at radius 2 is 2.31 bits per heavy atom. The molecule has 0 saturated heterocycles. The monoisotopic (exact) mass is 221 g/mol. The van der Waals surface area contributed by atoms with Crippen molar-refractivity contribution in [1.82, 2.24) is 5.32 Å². The van der Waals surface area contributed by atoms with E-state index >= 15 is 0 Å². The van der Waals surface area contributed by atoms with Gasteiger partial charge in [-0.25, -0.2) is 4.39 Å². The van der Waals surface area contributed by atoms with E-state index in [1.54, 1.807) is 18.2 Å². The van der Waals surface area contributed by atoms with Crippen LogP contribution in [0.5, 0.6) is 0 Å². The van der Waals surface area contributed by atoms with Crippen molar-refractivity contribution < 1.29 is 9.18 Å². The predicted octanol–water partition coefficient (Wildman–Crippen LogP) is 2.75. The minimum absolute atomic E-state index is 0.154. The summed E-state index contributed by atoms with van der Waals surface area (Å²) >= 11 is 0. The molecule has 1 unspecified atom stereocenters. The summed E-state index contributed by atoms with van der Waals surface area (Å²) in [5.74, 6) is -0.455. The van der Waals surface area contributed by atoms with E-state index in [0.717, 1.165) is 6.42 Å². The molecule has 0 saturated carbocycles. The largest absolute Gasteiger partial charge is 0.350 e. The molecule has 0 bridgehead atoms. The van der Waals surface area contributed by atoms with Crippen LogP contribution in [0.1, 0.15) is 25.8 Å². The number of halogens is 1. The Labute approximate surface area is 95.2 Å². The van der Waals surface area contributed by atoms with Crippen molar-refractivity contribution in [3.8, 4) is 0 Å². The summed E-state index contributed by atoms with van der Waals surface area (Å²) in [5, 5.41) is 2.79. The SMILES string of the molecule is CCC(C)NC(=O)C=Cc1cccc(F)c1. The first kappa shape index (κ1) is 12.4. The van der Waals surface area contributed by atoms with Crippen molar-refractivity contribution in [1.29, 1.82) is 0 Å². The molecule has 1 aromatic carbocycles. The zero-order chi connectivity index (χ0) is 12.0. The molecule has 1 atom stereocenters. The van der Waals surface area contributed by atoms with E-state index in [1.807, 2.05) is 13.8 Å². The summed E-state index contributed by atoms with van der Waals surface area (Å²) in [6, 6.07) is 6.27. The van der Waals surface area contributed by atoms with Crippen molar-refractivity contribution in [3.05, 3.63) is 41.7 Å². The van der Waals surface area contributed by atoms with Gasteiger partial charge >= 0.3 is 0 Å². The highest BCUT2D eigenvalue weighted by molar-refractivity contribution is 5.91. The summed E-state index contributed by atoms with van der Waals surface area (Å²) in [6.07, 6.45) is 3.90. The van der Waals surface area contributed by atoms with Crippen LogP contribution < -0.4 is 5.32 Å². The fraction of sp³-hybridized carbons (Fsp3) is 0.308. The lowest BCUT2D eigenvalue weighted by Crippen LogP contribution is -2.30. The van der Waals surface area contributed by atoms with E-state index in [-0.39, 0.29) is 17.8 Å². The highest BCUT2D eigenvalue weighted by Crippen LogP contribution is 2.05. The quantitative estimate of drug-likeness (QED) is 0.778. The summed E-state index contributed by atoms with van der Waals surface area (Å²) < 4.78 is 12.8. The van der Waals surface area contributed by atoms with E-state index < -0.39 is 0 Å². The first-order valence-electron chi connectivity index (χ1n) is 5.36. The van der Waals surface area contributed by atoms with Crippen LogP contribution >= 0.6 is 0 Å². The summed E-state index contributed by atoms with van der Waals surface area (Å²) in [6.45, 7) is 3.94. The normalized spacial score (nSPS) is 12.7. The van der Waals surface area contributed by atoms with E-state index in [0.29, 0.717) is 5.56 Å². The third kappa shape index (κ3) is 4.26. The number of carbonyl (C=O) groups is 1. The average molecular weight is 221 g/mol. The number of amides is 1. The van der Waals surface area contributed by atoms with Crippen molar-refractivity contribution in [3.63, 3.8) is 0 Å². The van der Waals surface area contributed by atoms with Crippen LogP contribution in [-0.2, 0) is 4.79 Å². The molecule has 16 heavy (non-hydrogen) atoms. The van der Waals surface area contributed by atoms with Gasteiger partial charge in [-0.05, 0) is 37.1 Å². The van der Waals surface area contributed by atoms with Crippen molar-refractivity contribution in [2.75, 3.05) is 0 Å². The third-order valence-corrected chi connectivity index (χ3v) is 2.28. The minimum Gasteiger partial charge on any atom is -0.350 e. The molecule has 1 N–H and O–H groups in total. The summed E-state index contributed by atoms with van der Waals surface area (Å²) in [4.78, 5) is 11.4. The van der Waals surface area contributed by atoms with Gasteiger partial charge in [0.2, 0.25) is 5.91 Å². The molecule has 0 aromatic heterocycles. The highest BCUT2D eigenvalue weighted by atomic mass is 19.1. The zero-order valence-electron chi connectivity index (χ0n) is 9.53. The van der Waals surface area contributed by atoms with Crippen LogP contribution in [0, 0.1) is 5.82 Å². The van der Waals surface area contributed by atoms with Crippen LogP contribution in [0.4, 0.5) is 4.39 Å². The Kier molecular flexibility index (Phi) is 4.70. The standard InChI is InChI=1S/C13H16FNO/c1-3-10(2)15-13(16)8-7-11-5-4-6-12(14)9-11/h4-10H,3H2,1-2H3,(H,15,16). The lowest BCUT2D eigenvalue weighted by molar-refractivity contribution is -0.117. The maximum absolute atomic E-state index is 12.8. The number of benzene rings is 1. The summed E-state index contributed by atoms with van der Waals surface area (Å²) in [7, 11) is 0. The van der Waals surface area contributed by atoms with Crippen molar-refractivity contribution in [2.24, 2.45) is 0 Å². The van der Waals surface area contributed by atoms with E-state index in [4.69, 9.17) is 0 Å². The average Bonchev–Trinajstić information content (AvgIpc) is 2.26. The van der Waals surface area contributed by atoms with Crippen LogP contribution in [0.25, 0.3) is 6.08 Å². The highest BCUT2D eigenvalue weighted by Gasteiger charge is 2.00. The molecule has 1 aromatic rings. The van der Waals surface area contributed by atoms with E-state index in [9.17, 15) is 9.18 Å². The lowest BCUT2D eigenvalue weighted by Gasteiger charge is -2.08. The maximum Gasteiger partial charge on any atom is 0.244 e. The Morgan fingerprint density at radius 3 is 2.94 bits per heavy atom. The van der Waals surface area contributed by atoms with Gasteiger partial charge in [0.15, 0.2) is 0 Å². The molecule has 0 aliphatic rings. The second-order valence-corrected chi connectivity index (χ2v) is 3.71. The van der Waals surface area contributed by atoms with Crippen LogP contribution in [0.3, 0.4) is 0 Å². The molecular weight excluding hydrogens is 205 g/mol. The van der Waals surface area contributed by atoms with Gasteiger partial charge in [-0.2, -0.15) is 0 Å². The molecule has 0 aliphatic heterocycles. The number of rotatable bonds is 4. The second kappa shape index (κ2) is 6.05. The smallest absolute Gasteiger partial charge is 0.244 e. The first-order chi connectivity index (χ1) is 7.61. The third-order valence-electron chi connectivity index (χ3n) is 2.28. The molecular formula is C13H16FNO. The lowest BCUT2D eigenvalue weighted by atomic mass is 10.2. The molecule has 0 fully saturated rings. The molecule has 0 radical (unpaired) electrons. The van der Waals surface area contributed by atoms with E-state index in [2.05, 4.69) is 5.32 Å². The first-order valence-corrected chi connectivity index (χ1v) is 5.36. The number of carbonyl (C=O) groups excluding carboxylic acids is 1. The van der Waals surface area contributed by atoms with Gasteiger partial charge in [0.1, 0.15) is 5.82 Å². The molecule has 86 valence electrons. The van der Waals surface area contributed by atoms with Crippen LogP contribution in [0.2, 0.25) is 0 Å². The predicted molar refractivity (Wildman–Crippen MR) is 63.3 cm³/mol. The van der Waals surface area contributed by atoms with Gasteiger partial charge in [0, 0.05) is 12.1 Å². The Hall–Kier alpha value is -1.64.